The first-order valence-corrected chi connectivity index (χ1v) is 7.41. The quantitative estimate of drug-likeness (QED) is 0.630. The number of ether oxygens (including phenoxy) is 1. The van der Waals surface area contributed by atoms with Gasteiger partial charge in [0.25, 0.3) is 0 Å². The first kappa shape index (κ1) is 15.5. The highest BCUT2D eigenvalue weighted by molar-refractivity contribution is 6.03. The van der Waals surface area contributed by atoms with Crippen LogP contribution in [-0.4, -0.2) is 18.4 Å². The lowest BCUT2D eigenvalue weighted by Crippen LogP contribution is -2.10. The third-order valence-corrected chi connectivity index (χ3v) is 4.13. The summed E-state index contributed by atoms with van der Waals surface area (Å²) >= 11 is 0. The van der Waals surface area contributed by atoms with E-state index < -0.39 is 0 Å². The number of rotatable bonds is 4. The first-order valence-electron chi connectivity index (χ1n) is 7.41. The highest BCUT2D eigenvalue weighted by Crippen LogP contribution is 2.32. The van der Waals surface area contributed by atoms with Crippen LogP contribution < -0.4 is 0 Å². The standard InChI is InChI=1S/C18H22O3/c1-5-6-16(19)21-8-7-15-11(2)9-14-10-12(3)18(20)17(14)13(15)4/h5-6,9,12H,7-8,10H2,1-4H3/t12-/m1/s1. The summed E-state index contributed by atoms with van der Waals surface area (Å²) in [5, 5.41) is 0. The van der Waals surface area contributed by atoms with Crippen molar-refractivity contribution >= 4 is 11.8 Å². The second kappa shape index (κ2) is 6.25. The third-order valence-electron chi connectivity index (χ3n) is 4.13. The normalized spacial score (nSPS) is 17.3. The summed E-state index contributed by atoms with van der Waals surface area (Å²) in [4.78, 5) is 23.6. The summed E-state index contributed by atoms with van der Waals surface area (Å²) in [7, 11) is 0. The van der Waals surface area contributed by atoms with E-state index in [4.69, 9.17) is 4.74 Å². The molecule has 0 saturated heterocycles. The molecule has 1 aromatic carbocycles. The molecule has 0 spiro atoms. The van der Waals surface area contributed by atoms with E-state index in [9.17, 15) is 9.59 Å². The van der Waals surface area contributed by atoms with Gasteiger partial charge in [0.2, 0.25) is 0 Å². The molecule has 0 N–H and O–H groups in total. The van der Waals surface area contributed by atoms with E-state index in [1.54, 1.807) is 13.0 Å². The van der Waals surface area contributed by atoms with Gasteiger partial charge in [-0.15, -0.1) is 0 Å². The van der Waals surface area contributed by atoms with E-state index in [-0.39, 0.29) is 17.7 Å². The number of hydrogen-bond acceptors (Lipinski definition) is 3. The molecular formula is C18H22O3. The average molecular weight is 286 g/mol. The van der Waals surface area contributed by atoms with Gasteiger partial charge < -0.3 is 4.74 Å². The van der Waals surface area contributed by atoms with E-state index in [0.29, 0.717) is 13.0 Å². The van der Waals surface area contributed by atoms with Crippen LogP contribution in [0.4, 0.5) is 0 Å². The van der Waals surface area contributed by atoms with Crippen LogP contribution in [0.5, 0.6) is 0 Å². The molecular weight excluding hydrogens is 264 g/mol. The zero-order valence-electron chi connectivity index (χ0n) is 13.2. The lowest BCUT2D eigenvalue weighted by molar-refractivity contribution is -0.137. The van der Waals surface area contributed by atoms with Crippen LogP contribution in [-0.2, 0) is 22.4 Å². The average Bonchev–Trinajstić information content (AvgIpc) is 2.69. The van der Waals surface area contributed by atoms with Crippen LogP contribution in [0.2, 0.25) is 0 Å². The molecule has 1 aliphatic rings. The van der Waals surface area contributed by atoms with Crippen molar-refractivity contribution in [2.24, 2.45) is 5.92 Å². The summed E-state index contributed by atoms with van der Waals surface area (Å²) in [6.45, 7) is 8.17. The SMILES string of the molecule is CC=CC(=O)OCCc1c(C)cc2c(c1C)C(=O)[C@H](C)C2. The largest absolute Gasteiger partial charge is 0.462 e. The molecule has 0 aliphatic heterocycles. The Hall–Kier alpha value is -1.90. The topological polar surface area (TPSA) is 43.4 Å². The molecule has 1 aromatic rings. The maximum Gasteiger partial charge on any atom is 0.330 e. The monoisotopic (exact) mass is 286 g/mol. The van der Waals surface area contributed by atoms with Crippen molar-refractivity contribution in [3.63, 3.8) is 0 Å². The predicted octanol–water partition coefficient (Wildman–Crippen LogP) is 3.34. The number of hydrogen-bond donors (Lipinski definition) is 0. The van der Waals surface area contributed by atoms with Crippen molar-refractivity contribution in [2.75, 3.05) is 6.61 Å². The number of aryl methyl sites for hydroxylation is 1. The molecule has 0 amide bonds. The Morgan fingerprint density at radius 1 is 1.43 bits per heavy atom. The van der Waals surface area contributed by atoms with E-state index >= 15 is 0 Å². The van der Waals surface area contributed by atoms with Crippen molar-refractivity contribution in [1.29, 1.82) is 0 Å². The molecule has 3 heteroatoms. The lowest BCUT2D eigenvalue weighted by atomic mass is 9.92. The number of benzene rings is 1. The van der Waals surface area contributed by atoms with Crippen LogP contribution in [0.15, 0.2) is 18.2 Å². The van der Waals surface area contributed by atoms with Crippen molar-refractivity contribution < 1.29 is 14.3 Å². The number of ketones is 1. The van der Waals surface area contributed by atoms with Crippen LogP contribution in [0.25, 0.3) is 0 Å². The highest BCUT2D eigenvalue weighted by atomic mass is 16.5. The highest BCUT2D eigenvalue weighted by Gasteiger charge is 2.30. The van der Waals surface area contributed by atoms with Crippen molar-refractivity contribution in [1.82, 2.24) is 0 Å². The van der Waals surface area contributed by atoms with Crippen molar-refractivity contribution in [2.45, 2.75) is 40.5 Å². The molecule has 0 fully saturated rings. The molecule has 0 saturated carbocycles. The van der Waals surface area contributed by atoms with Gasteiger partial charge >= 0.3 is 5.97 Å². The van der Waals surface area contributed by atoms with E-state index in [1.807, 2.05) is 13.8 Å². The molecule has 0 aromatic heterocycles. The van der Waals surface area contributed by atoms with Crippen molar-refractivity contribution in [3.05, 3.63) is 46.0 Å². The number of carbonyl (C=O) groups excluding carboxylic acids is 2. The van der Waals surface area contributed by atoms with E-state index in [2.05, 4.69) is 13.0 Å². The molecule has 0 unspecified atom stereocenters. The molecule has 21 heavy (non-hydrogen) atoms. The summed E-state index contributed by atoms with van der Waals surface area (Å²) in [5.74, 6) is 0.00851. The Morgan fingerprint density at radius 3 is 2.81 bits per heavy atom. The van der Waals surface area contributed by atoms with Gasteiger partial charge in [0.05, 0.1) is 6.61 Å². The Labute approximate surface area is 126 Å². The van der Waals surface area contributed by atoms with Gasteiger partial charge in [-0.05, 0) is 49.4 Å². The van der Waals surface area contributed by atoms with Gasteiger partial charge in [-0.3, -0.25) is 4.79 Å². The Morgan fingerprint density at radius 2 is 2.14 bits per heavy atom. The molecule has 1 atom stereocenters. The van der Waals surface area contributed by atoms with E-state index in [1.165, 1.54) is 11.6 Å². The van der Waals surface area contributed by atoms with Crippen molar-refractivity contribution in [3.8, 4) is 0 Å². The van der Waals surface area contributed by atoms with Gasteiger partial charge in [0.1, 0.15) is 0 Å². The van der Waals surface area contributed by atoms with Crippen LogP contribution >= 0.6 is 0 Å². The maximum atomic E-state index is 12.3. The summed E-state index contributed by atoms with van der Waals surface area (Å²) < 4.78 is 5.15. The molecule has 112 valence electrons. The van der Waals surface area contributed by atoms with Gasteiger partial charge in [0.15, 0.2) is 5.78 Å². The number of fused-ring (bicyclic) bond motifs is 1. The number of allylic oxidation sites excluding steroid dienone is 1. The van der Waals surface area contributed by atoms with Gasteiger partial charge in [-0.25, -0.2) is 4.79 Å². The lowest BCUT2D eigenvalue weighted by Gasteiger charge is -2.14. The number of esters is 1. The Kier molecular flexibility index (Phi) is 4.61. The minimum Gasteiger partial charge on any atom is -0.462 e. The maximum absolute atomic E-state index is 12.3. The zero-order valence-corrected chi connectivity index (χ0v) is 13.2. The molecule has 3 nitrogen and oxygen atoms in total. The zero-order chi connectivity index (χ0) is 15.6. The fraction of sp³-hybridized carbons (Fsp3) is 0.444. The first-order chi connectivity index (χ1) is 9.95. The molecule has 2 rings (SSSR count). The number of Topliss-reactive ketones (excluding diaryl/α,β-unsaturated/α-hetero) is 1. The molecule has 1 aliphatic carbocycles. The van der Waals surface area contributed by atoms with Crippen LogP contribution in [0, 0.1) is 19.8 Å². The minimum absolute atomic E-state index is 0.0841. The second-order valence-electron chi connectivity index (χ2n) is 5.72. The fourth-order valence-electron chi connectivity index (χ4n) is 3.10. The Balaban J connectivity index is 2.18. The summed E-state index contributed by atoms with van der Waals surface area (Å²) in [6.07, 6.45) is 4.56. The fourth-order valence-corrected chi connectivity index (χ4v) is 3.10. The molecule has 0 bridgehead atoms. The predicted molar refractivity (Wildman–Crippen MR) is 82.6 cm³/mol. The minimum atomic E-state index is -0.321. The summed E-state index contributed by atoms with van der Waals surface area (Å²) in [6, 6.07) is 2.12. The van der Waals surface area contributed by atoms with Crippen LogP contribution in [0.1, 0.15) is 46.5 Å². The van der Waals surface area contributed by atoms with Crippen LogP contribution in [0.3, 0.4) is 0 Å². The van der Waals surface area contributed by atoms with E-state index in [0.717, 1.165) is 28.7 Å². The number of carbonyl (C=O) groups is 2. The van der Waals surface area contributed by atoms with Gasteiger partial charge in [-0.2, -0.15) is 0 Å². The smallest absolute Gasteiger partial charge is 0.330 e. The second-order valence-corrected chi connectivity index (χ2v) is 5.72. The Bertz CT molecular complexity index is 611. The van der Waals surface area contributed by atoms with Gasteiger partial charge in [0, 0.05) is 24.0 Å². The molecule has 0 radical (unpaired) electrons. The third kappa shape index (κ3) is 3.07. The summed E-state index contributed by atoms with van der Waals surface area (Å²) in [5.41, 5.74) is 5.42. The van der Waals surface area contributed by atoms with Gasteiger partial charge in [-0.1, -0.05) is 19.1 Å². The molecule has 0 heterocycles.